The summed E-state index contributed by atoms with van der Waals surface area (Å²) < 4.78 is 1.65. The number of hydrogen-bond donors (Lipinski definition) is 2. The minimum atomic E-state index is -1.04. The van der Waals surface area contributed by atoms with E-state index in [-0.39, 0.29) is 12.3 Å². The van der Waals surface area contributed by atoms with Crippen molar-refractivity contribution in [1.29, 1.82) is 0 Å². The third kappa shape index (κ3) is 3.26. The minimum absolute atomic E-state index is 0.256. The number of hydrogen-bond acceptors (Lipinski definition) is 2. The Labute approximate surface area is 116 Å². The van der Waals surface area contributed by atoms with Crippen molar-refractivity contribution in [2.45, 2.75) is 12.5 Å². The van der Waals surface area contributed by atoms with Crippen molar-refractivity contribution in [1.82, 2.24) is 9.88 Å². The highest BCUT2D eigenvalue weighted by atomic mass is 16.4. The number of benzene rings is 1. The normalized spacial score (nSPS) is 11.8. The van der Waals surface area contributed by atoms with E-state index in [0.717, 1.165) is 5.56 Å². The zero-order chi connectivity index (χ0) is 14.5. The number of nitrogens with one attached hydrogen (secondary N) is 1. The average molecular weight is 272 g/mol. The first-order valence-corrected chi connectivity index (χ1v) is 6.27. The van der Waals surface area contributed by atoms with Gasteiger partial charge in [-0.25, -0.2) is 4.79 Å². The van der Waals surface area contributed by atoms with Gasteiger partial charge in [0.2, 0.25) is 0 Å². The van der Waals surface area contributed by atoms with Crippen LogP contribution in [0, 0.1) is 0 Å². The van der Waals surface area contributed by atoms with Crippen LogP contribution in [0.25, 0.3) is 0 Å². The Hall–Kier alpha value is -2.56. The Balaban J connectivity index is 2.09. The highest BCUT2D eigenvalue weighted by Crippen LogP contribution is 2.05. The summed E-state index contributed by atoms with van der Waals surface area (Å²) in [6.07, 6.45) is 1.99. The molecule has 2 rings (SSSR count). The zero-order valence-electron chi connectivity index (χ0n) is 11.1. The van der Waals surface area contributed by atoms with Gasteiger partial charge in [0.15, 0.2) is 0 Å². The van der Waals surface area contributed by atoms with Crippen LogP contribution in [0.5, 0.6) is 0 Å². The molecule has 1 heterocycles. The smallest absolute Gasteiger partial charge is 0.326 e. The summed E-state index contributed by atoms with van der Waals surface area (Å²) in [6.45, 7) is 0. The summed E-state index contributed by atoms with van der Waals surface area (Å²) in [5.41, 5.74) is 1.30. The molecule has 5 heteroatoms. The molecule has 1 aromatic carbocycles. The van der Waals surface area contributed by atoms with E-state index < -0.39 is 12.0 Å². The highest BCUT2D eigenvalue weighted by Gasteiger charge is 2.21. The standard InChI is InChI=1S/C15H16N2O3/c1-17-9-5-8-13(17)14(18)16-12(15(19)20)10-11-6-3-2-4-7-11/h2-9,12H,10H2,1H3,(H,16,18)(H,19,20)/t12-/m1/s1. The summed E-state index contributed by atoms with van der Waals surface area (Å²) in [6, 6.07) is 11.7. The summed E-state index contributed by atoms with van der Waals surface area (Å²) >= 11 is 0. The first-order chi connectivity index (χ1) is 9.58. The van der Waals surface area contributed by atoms with Gasteiger partial charge in [0, 0.05) is 19.7 Å². The number of carboxylic acids is 1. The van der Waals surface area contributed by atoms with Crippen molar-refractivity contribution >= 4 is 11.9 Å². The summed E-state index contributed by atoms with van der Waals surface area (Å²) in [5.74, 6) is -1.43. The lowest BCUT2D eigenvalue weighted by atomic mass is 10.1. The number of amides is 1. The summed E-state index contributed by atoms with van der Waals surface area (Å²) in [4.78, 5) is 23.3. The second-order valence-electron chi connectivity index (χ2n) is 4.56. The van der Waals surface area contributed by atoms with E-state index >= 15 is 0 Å². The number of aromatic nitrogens is 1. The SMILES string of the molecule is Cn1cccc1C(=O)N[C@H](Cc1ccccc1)C(=O)O. The van der Waals surface area contributed by atoms with Crippen LogP contribution < -0.4 is 5.32 Å². The van der Waals surface area contributed by atoms with Gasteiger partial charge in [-0.3, -0.25) is 4.79 Å². The molecule has 1 aromatic heterocycles. The van der Waals surface area contributed by atoms with Crippen molar-refractivity contribution in [3.05, 3.63) is 59.9 Å². The third-order valence-corrected chi connectivity index (χ3v) is 3.06. The van der Waals surface area contributed by atoms with Crippen molar-refractivity contribution in [3.8, 4) is 0 Å². The van der Waals surface area contributed by atoms with E-state index in [1.165, 1.54) is 0 Å². The molecule has 0 fully saturated rings. The van der Waals surface area contributed by atoms with E-state index in [4.69, 9.17) is 0 Å². The largest absolute Gasteiger partial charge is 0.480 e. The Morgan fingerprint density at radius 2 is 1.90 bits per heavy atom. The molecule has 0 aliphatic heterocycles. The molecule has 2 aromatic rings. The molecule has 0 aliphatic carbocycles. The molecule has 1 atom stereocenters. The minimum Gasteiger partial charge on any atom is -0.480 e. The Kier molecular flexibility index (Phi) is 4.20. The molecule has 0 radical (unpaired) electrons. The molecule has 0 spiro atoms. The van der Waals surface area contributed by atoms with Crippen LogP contribution >= 0.6 is 0 Å². The van der Waals surface area contributed by atoms with Gasteiger partial charge < -0.3 is 15.0 Å². The molecule has 0 aliphatic rings. The molecular weight excluding hydrogens is 256 g/mol. The van der Waals surface area contributed by atoms with Crippen molar-refractivity contribution in [2.75, 3.05) is 0 Å². The van der Waals surface area contributed by atoms with Crippen LogP contribution in [0.15, 0.2) is 48.7 Å². The van der Waals surface area contributed by atoms with E-state index in [1.54, 1.807) is 29.9 Å². The van der Waals surface area contributed by atoms with Gasteiger partial charge in [-0.15, -0.1) is 0 Å². The lowest BCUT2D eigenvalue weighted by Gasteiger charge is -2.15. The highest BCUT2D eigenvalue weighted by molar-refractivity contribution is 5.95. The molecule has 1 amide bonds. The molecule has 5 nitrogen and oxygen atoms in total. The summed E-state index contributed by atoms with van der Waals surface area (Å²) in [5, 5.41) is 11.8. The van der Waals surface area contributed by atoms with Gasteiger partial charge in [-0.05, 0) is 17.7 Å². The van der Waals surface area contributed by atoms with E-state index in [0.29, 0.717) is 5.69 Å². The average Bonchev–Trinajstić information content (AvgIpc) is 2.85. The van der Waals surface area contributed by atoms with Crippen LogP contribution in [-0.2, 0) is 18.3 Å². The van der Waals surface area contributed by atoms with Crippen LogP contribution in [0.3, 0.4) is 0 Å². The number of carbonyl (C=O) groups excluding carboxylic acids is 1. The molecule has 20 heavy (non-hydrogen) atoms. The van der Waals surface area contributed by atoms with Crippen LogP contribution in [0.2, 0.25) is 0 Å². The van der Waals surface area contributed by atoms with Crippen molar-refractivity contribution in [3.63, 3.8) is 0 Å². The Morgan fingerprint density at radius 1 is 1.20 bits per heavy atom. The molecule has 0 saturated carbocycles. The molecule has 0 saturated heterocycles. The van der Waals surface area contributed by atoms with E-state index in [9.17, 15) is 14.7 Å². The topological polar surface area (TPSA) is 71.3 Å². The van der Waals surface area contributed by atoms with Crippen LogP contribution in [-0.4, -0.2) is 27.6 Å². The molecule has 2 N–H and O–H groups in total. The number of rotatable bonds is 5. The molecule has 104 valence electrons. The first-order valence-electron chi connectivity index (χ1n) is 6.27. The lowest BCUT2D eigenvalue weighted by molar-refractivity contribution is -0.139. The fraction of sp³-hybridized carbons (Fsp3) is 0.200. The van der Waals surface area contributed by atoms with Gasteiger partial charge in [0.25, 0.3) is 5.91 Å². The van der Waals surface area contributed by atoms with Crippen molar-refractivity contribution < 1.29 is 14.7 Å². The molecule has 0 bridgehead atoms. The predicted molar refractivity (Wildman–Crippen MR) is 74.4 cm³/mol. The quantitative estimate of drug-likeness (QED) is 0.865. The molecule has 0 unspecified atom stereocenters. The second-order valence-corrected chi connectivity index (χ2v) is 4.56. The lowest BCUT2D eigenvalue weighted by Crippen LogP contribution is -2.42. The number of carbonyl (C=O) groups is 2. The number of aliphatic carboxylic acids is 1. The van der Waals surface area contributed by atoms with Gasteiger partial charge in [-0.2, -0.15) is 0 Å². The Bertz CT molecular complexity index is 605. The molecular formula is C15H16N2O3. The first kappa shape index (κ1) is 13.9. The fourth-order valence-electron chi connectivity index (χ4n) is 1.98. The second kappa shape index (κ2) is 6.06. The fourth-order valence-corrected chi connectivity index (χ4v) is 1.98. The van der Waals surface area contributed by atoms with Gasteiger partial charge in [0.1, 0.15) is 11.7 Å². The third-order valence-electron chi connectivity index (χ3n) is 3.06. The van der Waals surface area contributed by atoms with E-state index in [2.05, 4.69) is 5.32 Å². The maximum absolute atomic E-state index is 12.0. The van der Waals surface area contributed by atoms with Crippen LogP contribution in [0.4, 0.5) is 0 Å². The maximum atomic E-state index is 12.0. The predicted octanol–water partition coefficient (Wildman–Crippen LogP) is 1.45. The van der Waals surface area contributed by atoms with Crippen LogP contribution in [0.1, 0.15) is 16.1 Å². The van der Waals surface area contributed by atoms with Gasteiger partial charge >= 0.3 is 5.97 Å². The van der Waals surface area contributed by atoms with Gasteiger partial charge in [0.05, 0.1) is 0 Å². The monoisotopic (exact) mass is 272 g/mol. The number of nitrogens with zero attached hydrogens (tertiary/aromatic N) is 1. The maximum Gasteiger partial charge on any atom is 0.326 e. The zero-order valence-corrected chi connectivity index (χ0v) is 11.1. The number of aryl methyl sites for hydroxylation is 1. The Morgan fingerprint density at radius 3 is 2.45 bits per heavy atom. The summed E-state index contributed by atoms with van der Waals surface area (Å²) in [7, 11) is 1.74. The van der Waals surface area contributed by atoms with E-state index in [1.807, 2.05) is 30.3 Å². The van der Waals surface area contributed by atoms with Gasteiger partial charge in [-0.1, -0.05) is 30.3 Å². The number of carboxylic acid groups (broad SMARTS) is 1. The van der Waals surface area contributed by atoms with Crippen molar-refractivity contribution in [2.24, 2.45) is 7.05 Å².